The van der Waals surface area contributed by atoms with E-state index in [-0.39, 0.29) is 12.2 Å². The van der Waals surface area contributed by atoms with E-state index in [9.17, 15) is 21.6 Å². The number of benzene rings is 1. The van der Waals surface area contributed by atoms with Crippen LogP contribution in [0.2, 0.25) is 0 Å². The lowest BCUT2D eigenvalue weighted by molar-refractivity contribution is -0.138. The normalized spacial score (nSPS) is 12.8. The van der Waals surface area contributed by atoms with Gasteiger partial charge in [-0.1, -0.05) is 6.07 Å². The van der Waals surface area contributed by atoms with Crippen LogP contribution in [0.25, 0.3) is 0 Å². The van der Waals surface area contributed by atoms with Crippen molar-refractivity contribution >= 4 is 10.0 Å². The predicted molar refractivity (Wildman–Crippen MR) is 53.5 cm³/mol. The monoisotopic (exact) mass is 269 g/mol. The summed E-state index contributed by atoms with van der Waals surface area (Å²) < 4.78 is 64.5. The van der Waals surface area contributed by atoms with Crippen LogP contribution in [0.5, 0.6) is 0 Å². The first-order chi connectivity index (χ1) is 7.66. The fourth-order valence-corrected chi connectivity index (χ4v) is 1.82. The second-order valence-electron chi connectivity index (χ2n) is 3.29. The summed E-state index contributed by atoms with van der Waals surface area (Å²) >= 11 is 0. The van der Waals surface area contributed by atoms with Crippen molar-refractivity contribution in [2.75, 3.05) is 7.11 Å². The van der Waals surface area contributed by atoms with E-state index in [1.807, 2.05) is 0 Å². The molecule has 2 N–H and O–H groups in total. The van der Waals surface area contributed by atoms with Gasteiger partial charge in [-0.15, -0.1) is 0 Å². The third-order valence-electron chi connectivity index (χ3n) is 2.02. The fourth-order valence-electron chi connectivity index (χ4n) is 1.28. The van der Waals surface area contributed by atoms with Crippen molar-refractivity contribution in [3.05, 3.63) is 29.3 Å². The molecule has 0 heterocycles. The number of alkyl halides is 3. The van der Waals surface area contributed by atoms with Gasteiger partial charge in [0, 0.05) is 7.11 Å². The molecular weight excluding hydrogens is 259 g/mol. The largest absolute Gasteiger partial charge is 0.416 e. The lowest BCUT2D eigenvalue weighted by atomic mass is 10.1. The van der Waals surface area contributed by atoms with E-state index < -0.39 is 26.7 Å². The first-order valence-electron chi connectivity index (χ1n) is 4.38. The van der Waals surface area contributed by atoms with E-state index in [4.69, 9.17) is 5.14 Å². The molecule has 0 radical (unpaired) electrons. The van der Waals surface area contributed by atoms with Crippen molar-refractivity contribution in [1.82, 2.24) is 0 Å². The molecule has 0 amide bonds. The maximum atomic E-state index is 12.6. The van der Waals surface area contributed by atoms with Crippen molar-refractivity contribution in [3.63, 3.8) is 0 Å². The van der Waals surface area contributed by atoms with Crippen LogP contribution in [0.3, 0.4) is 0 Å². The highest BCUT2D eigenvalue weighted by Crippen LogP contribution is 2.33. The van der Waals surface area contributed by atoms with Gasteiger partial charge in [0.15, 0.2) is 0 Å². The summed E-state index contributed by atoms with van der Waals surface area (Å²) in [6.45, 7) is -0.264. The minimum absolute atomic E-state index is 0.146. The summed E-state index contributed by atoms with van der Waals surface area (Å²) in [4.78, 5) is -0.579. The van der Waals surface area contributed by atoms with Gasteiger partial charge in [0.05, 0.1) is 17.1 Å². The third kappa shape index (κ3) is 3.42. The Hall–Kier alpha value is -1.12. The second kappa shape index (κ2) is 4.63. The maximum absolute atomic E-state index is 12.6. The number of hydrogen-bond donors (Lipinski definition) is 1. The van der Waals surface area contributed by atoms with Gasteiger partial charge in [-0.2, -0.15) is 13.2 Å². The second-order valence-corrected chi connectivity index (χ2v) is 4.86. The van der Waals surface area contributed by atoms with Gasteiger partial charge >= 0.3 is 6.18 Å². The van der Waals surface area contributed by atoms with Crippen molar-refractivity contribution < 1.29 is 26.3 Å². The number of halogens is 3. The topological polar surface area (TPSA) is 69.4 Å². The quantitative estimate of drug-likeness (QED) is 0.904. The number of primary sulfonamides is 1. The lowest BCUT2D eigenvalue weighted by Crippen LogP contribution is -2.16. The molecule has 8 heteroatoms. The van der Waals surface area contributed by atoms with Crippen LogP contribution in [-0.2, 0) is 27.5 Å². The Labute approximate surface area is 96.2 Å². The van der Waals surface area contributed by atoms with Gasteiger partial charge in [-0.05, 0) is 17.7 Å². The number of hydrogen-bond acceptors (Lipinski definition) is 3. The molecule has 0 spiro atoms. The van der Waals surface area contributed by atoms with Crippen LogP contribution in [0.1, 0.15) is 11.1 Å². The van der Waals surface area contributed by atoms with Gasteiger partial charge in [-0.3, -0.25) is 0 Å². The summed E-state index contributed by atoms with van der Waals surface area (Å²) in [7, 11) is -2.91. The Kier molecular flexibility index (Phi) is 3.80. The lowest BCUT2D eigenvalue weighted by Gasteiger charge is -2.13. The van der Waals surface area contributed by atoms with Crippen molar-refractivity contribution in [3.8, 4) is 0 Å². The summed E-state index contributed by atoms with van der Waals surface area (Å²) in [6.07, 6.45) is -4.66. The summed E-state index contributed by atoms with van der Waals surface area (Å²) in [6, 6.07) is 2.55. The number of sulfonamides is 1. The minimum atomic E-state index is -4.66. The molecule has 0 aliphatic carbocycles. The summed E-state index contributed by atoms with van der Waals surface area (Å²) in [5.74, 6) is 0. The maximum Gasteiger partial charge on any atom is 0.416 e. The molecular formula is C9H10F3NO3S. The number of methoxy groups -OCH3 is 1. The minimum Gasteiger partial charge on any atom is -0.380 e. The van der Waals surface area contributed by atoms with Crippen molar-refractivity contribution in [2.45, 2.75) is 17.7 Å². The van der Waals surface area contributed by atoms with Gasteiger partial charge < -0.3 is 4.74 Å². The van der Waals surface area contributed by atoms with Gasteiger partial charge in [0.2, 0.25) is 10.0 Å². The molecule has 0 aromatic heterocycles. The van der Waals surface area contributed by atoms with E-state index >= 15 is 0 Å². The van der Waals surface area contributed by atoms with E-state index in [0.717, 1.165) is 12.1 Å². The highest BCUT2D eigenvalue weighted by molar-refractivity contribution is 7.89. The molecule has 1 aromatic rings. The average molecular weight is 269 g/mol. The number of rotatable bonds is 3. The van der Waals surface area contributed by atoms with E-state index in [0.29, 0.717) is 6.07 Å². The van der Waals surface area contributed by atoms with E-state index in [2.05, 4.69) is 4.74 Å². The highest BCUT2D eigenvalue weighted by Gasteiger charge is 2.34. The van der Waals surface area contributed by atoms with Crippen LogP contribution >= 0.6 is 0 Å². The standard InChI is InChI=1S/C9H10F3NO3S/c1-16-5-6-2-3-7(17(13,14)15)4-8(6)9(10,11)12/h2-4H,5H2,1H3,(H2,13,14,15). The summed E-state index contributed by atoms with van der Waals surface area (Å²) in [5, 5.41) is 4.77. The Morgan fingerprint density at radius 1 is 1.35 bits per heavy atom. The van der Waals surface area contributed by atoms with Gasteiger partial charge in [0.25, 0.3) is 0 Å². The molecule has 17 heavy (non-hydrogen) atoms. The zero-order valence-electron chi connectivity index (χ0n) is 8.78. The highest BCUT2D eigenvalue weighted by atomic mass is 32.2. The molecule has 0 saturated carbocycles. The Bertz CT molecular complexity index is 511. The average Bonchev–Trinajstić information content (AvgIpc) is 2.15. The van der Waals surface area contributed by atoms with Crippen LogP contribution in [-0.4, -0.2) is 15.5 Å². The first kappa shape index (κ1) is 13.9. The SMILES string of the molecule is COCc1ccc(S(N)(=O)=O)cc1C(F)(F)F. The molecule has 0 aliphatic rings. The number of ether oxygens (including phenoxy) is 1. The van der Waals surface area contributed by atoms with Crippen LogP contribution in [0.15, 0.2) is 23.1 Å². The zero-order chi connectivity index (χ0) is 13.3. The molecule has 1 rings (SSSR count). The van der Waals surface area contributed by atoms with Crippen LogP contribution in [0, 0.1) is 0 Å². The first-order valence-corrected chi connectivity index (χ1v) is 5.92. The molecule has 0 bridgehead atoms. The van der Waals surface area contributed by atoms with Crippen LogP contribution in [0.4, 0.5) is 13.2 Å². The predicted octanol–water partition coefficient (Wildman–Crippen LogP) is 1.50. The van der Waals surface area contributed by atoms with Crippen LogP contribution < -0.4 is 5.14 Å². The molecule has 0 fully saturated rings. The third-order valence-corrected chi connectivity index (χ3v) is 2.93. The van der Waals surface area contributed by atoms with Crippen molar-refractivity contribution in [2.24, 2.45) is 5.14 Å². The summed E-state index contributed by atoms with van der Waals surface area (Å²) in [5.41, 5.74) is -1.21. The van der Waals surface area contributed by atoms with Crippen molar-refractivity contribution in [1.29, 1.82) is 0 Å². The molecule has 0 saturated heterocycles. The van der Waals surface area contributed by atoms with E-state index in [1.54, 1.807) is 0 Å². The van der Waals surface area contributed by atoms with Gasteiger partial charge in [0.1, 0.15) is 0 Å². The molecule has 0 atom stereocenters. The molecule has 96 valence electrons. The Balaban J connectivity index is 3.40. The number of nitrogens with two attached hydrogens (primary N) is 1. The Morgan fingerprint density at radius 2 is 1.94 bits per heavy atom. The molecule has 0 aliphatic heterocycles. The van der Waals surface area contributed by atoms with Gasteiger partial charge in [-0.25, -0.2) is 13.6 Å². The molecule has 4 nitrogen and oxygen atoms in total. The fraction of sp³-hybridized carbons (Fsp3) is 0.333. The smallest absolute Gasteiger partial charge is 0.380 e. The molecule has 0 unspecified atom stereocenters. The Morgan fingerprint density at radius 3 is 2.35 bits per heavy atom. The van der Waals surface area contributed by atoms with E-state index in [1.165, 1.54) is 7.11 Å². The molecule has 1 aromatic carbocycles. The zero-order valence-corrected chi connectivity index (χ0v) is 9.60.